The Kier molecular flexibility index (Phi) is 7.16. The minimum atomic E-state index is -0.0986. The van der Waals surface area contributed by atoms with Crippen LogP contribution in [0.3, 0.4) is 0 Å². The lowest BCUT2D eigenvalue weighted by Crippen LogP contribution is -2.44. The summed E-state index contributed by atoms with van der Waals surface area (Å²) in [6.45, 7) is 6.34. The smallest absolute Gasteiger partial charge is 0.236 e. The fourth-order valence-corrected chi connectivity index (χ4v) is 4.23. The second kappa shape index (κ2) is 9.11. The van der Waals surface area contributed by atoms with Crippen molar-refractivity contribution in [2.45, 2.75) is 69.1 Å². The van der Waals surface area contributed by atoms with Crippen LogP contribution in [-0.2, 0) is 9.59 Å². The van der Waals surface area contributed by atoms with Gasteiger partial charge in [0.25, 0.3) is 0 Å². The van der Waals surface area contributed by atoms with Gasteiger partial charge in [0.05, 0.1) is 5.25 Å². The summed E-state index contributed by atoms with van der Waals surface area (Å²) in [5.41, 5.74) is 0.781. The van der Waals surface area contributed by atoms with Gasteiger partial charge < -0.3 is 10.2 Å². The third-order valence-corrected chi connectivity index (χ3v) is 5.57. The van der Waals surface area contributed by atoms with Crippen molar-refractivity contribution in [3.63, 3.8) is 0 Å². The molecule has 0 saturated heterocycles. The van der Waals surface area contributed by atoms with Gasteiger partial charge in [-0.05, 0) is 51.0 Å². The molecule has 0 spiro atoms. The van der Waals surface area contributed by atoms with Gasteiger partial charge in [0.15, 0.2) is 0 Å². The highest BCUT2D eigenvalue weighted by molar-refractivity contribution is 8.00. The Bertz CT molecular complexity index is 553. The Labute approximate surface area is 149 Å². The van der Waals surface area contributed by atoms with Gasteiger partial charge in [-0.3, -0.25) is 9.59 Å². The second-order valence-corrected chi connectivity index (χ2v) is 7.80. The molecule has 2 amide bonds. The fourth-order valence-electron chi connectivity index (χ4n) is 3.29. The average molecular weight is 349 g/mol. The van der Waals surface area contributed by atoms with Gasteiger partial charge in [-0.25, -0.2) is 0 Å². The summed E-state index contributed by atoms with van der Waals surface area (Å²) in [6.07, 6.45) is 6.05. The summed E-state index contributed by atoms with van der Waals surface area (Å²) in [7, 11) is 0. The molecule has 1 atom stereocenters. The van der Waals surface area contributed by atoms with Crippen LogP contribution < -0.4 is 5.32 Å². The summed E-state index contributed by atoms with van der Waals surface area (Å²) < 4.78 is 0. The highest BCUT2D eigenvalue weighted by Gasteiger charge is 2.27. The van der Waals surface area contributed by atoms with E-state index in [2.05, 4.69) is 17.1 Å². The van der Waals surface area contributed by atoms with Gasteiger partial charge in [0.2, 0.25) is 11.8 Å². The number of carbonyl (C=O) groups excluding carboxylic acids is 2. The Hall–Kier alpha value is -1.49. The van der Waals surface area contributed by atoms with Crippen molar-refractivity contribution < 1.29 is 9.59 Å². The van der Waals surface area contributed by atoms with E-state index in [0.29, 0.717) is 6.04 Å². The van der Waals surface area contributed by atoms with Crippen LogP contribution >= 0.6 is 11.8 Å². The summed E-state index contributed by atoms with van der Waals surface area (Å²) in [6, 6.07) is 8.08. The van der Waals surface area contributed by atoms with Crippen LogP contribution in [0.5, 0.6) is 0 Å². The molecule has 132 valence electrons. The van der Waals surface area contributed by atoms with E-state index in [1.807, 2.05) is 31.2 Å². The molecular weight excluding hydrogens is 320 g/mol. The normalized spacial score (nSPS) is 16.5. The van der Waals surface area contributed by atoms with Gasteiger partial charge in [0.1, 0.15) is 0 Å². The summed E-state index contributed by atoms with van der Waals surface area (Å²) in [4.78, 5) is 27.0. The first kappa shape index (κ1) is 18.8. The number of nitrogens with one attached hydrogen (secondary N) is 1. The summed E-state index contributed by atoms with van der Waals surface area (Å²) in [5.74, 6) is 0.158. The van der Waals surface area contributed by atoms with Crippen molar-refractivity contribution in [2.75, 3.05) is 11.9 Å². The van der Waals surface area contributed by atoms with E-state index >= 15 is 0 Å². The van der Waals surface area contributed by atoms with Crippen LogP contribution in [0.15, 0.2) is 29.2 Å². The van der Waals surface area contributed by atoms with Gasteiger partial charge in [-0.2, -0.15) is 0 Å². The molecule has 2 rings (SSSR count). The number of amides is 2. The van der Waals surface area contributed by atoms with Gasteiger partial charge in [0, 0.05) is 30.1 Å². The third kappa shape index (κ3) is 5.26. The number of anilines is 1. The number of thioether (sulfide) groups is 1. The lowest BCUT2D eigenvalue weighted by Gasteiger charge is -2.35. The molecule has 0 bridgehead atoms. The Morgan fingerprint density at radius 1 is 1.21 bits per heavy atom. The predicted octanol–water partition coefficient (Wildman–Crippen LogP) is 4.31. The molecule has 0 radical (unpaired) electrons. The molecule has 1 aromatic rings. The van der Waals surface area contributed by atoms with Crippen LogP contribution in [0.4, 0.5) is 5.69 Å². The third-order valence-electron chi connectivity index (χ3n) is 4.47. The molecule has 0 aliphatic heterocycles. The largest absolute Gasteiger partial charge is 0.339 e. The maximum Gasteiger partial charge on any atom is 0.236 e. The van der Waals surface area contributed by atoms with Crippen LogP contribution in [0.1, 0.15) is 52.9 Å². The Morgan fingerprint density at radius 3 is 2.38 bits per heavy atom. The zero-order chi connectivity index (χ0) is 17.5. The molecule has 1 aliphatic rings. The highest BCUT2D eigenvalue weighted by Crippen LogP contribution is 2.29. The molecule has 4 nitrogen and oxygen atoms in total. The molecule has 1 saturated carbocycles. The maximum atomic E-state index is 12.8. The standard InChI is InChI=1S/C19H28N2O2S/c1-4-21(17-8-6-5-7-9-17)19(23)14(2)24-18-12-10-16(11-13-18)20-15(3)22/h10-14,17H,4-9H2,1-3H3,(H,20,22)/t14-/m0/s1. The molecule has 0 heterocycles. The van der Waals surface area contributed by atoms with E-state index in [-0.39, 0.29) is 17.1 Å². The molecule has 1 aliphatic carbocycles. The summed E-state index contributed by atoms with van der Waals surface area (Å²) in [5, 5.41) is 2.66. The van der Waals surface area contributed by atoms with Gasteiger partial charge in [-0.1, -0.05) is 19.3 Å². The van der Waals surface area contributed by atoms with E-state index in [1.54, 1.807) is 11.8 Å². The van der Waals surface area contributed by atoms with Crippen molar-refractivity contribution >= 4 is 29.3 Å². The molecule has 0 aromatic heterocycles. The van der Waals surface area contributed by atoms with Gasteiger partial charge in [-0.15, -0.1) is 11.8 Å². The Balaban J connectivity index is 1.95. The number of benzene rings is 1. The minimum absolute atomic E-state index is 0.0787. The van der Waals surface area contributed by atoms with Crippen LogP contribution in [0.2, 0.25) is 0 Å². The number of hydrogen-bond donors (Lipinski definition) is 1. The number of carbonyl (C=O) groups is 2. The van der Waals surface area contributed by atoms with Crippen molar-refractivity contribution in [3.05, 3.63) is 24.3 Å². The quantitative estimate of drug-likeness (QED) is 0.780. The molecule has 1 aromatic carbocycles. The topological polar surface area (TPSA) is 49.4 Å². The van der Waals surface area contributed by atoms with Crippen LogP contribution in [0, 0.1) is 0 Å². The lowest BCUT2D eigenvalue weighted by molar-refractivity contribution is -0.133. The monoisotopic (exact) mass is 348 g/mol. The molecule has 1 fully saturated rings. The van der Waals surface area contributed by atoms with E-state index in [9.17, 15) is 9.59 Å². The SMILES string of the molecule is CCN(C(=O)[C@H](C)Sc1ccc(NC(C)=O)cc1)C1CCCCC1. The Morgan fingerprint density at radius 2 is 1.83 bits per heavy atom. The van der Waals surface area contributed by atoms with E-state index in [0.717, 1.165) is 30.0 Å². The zero-order valence-electron chi connectivity index (χ0n) is 14.9. The van der Waals surface area contributed by atoms with Crippen molar-refractivity contribution in [1.29, 1.82) is 0 Å². The van der Waals surface area contributed by atoms with Crippen LogP contribution in [0.25, 0.3) is 0 Å². The van der Waals surface area contributed by atoms with Gasteiger partial charge >= 0.3 is 0 Å². The first-order valence-corrected chi connectivity index (χ1v) is 9.74. The van der Waals surface area contributed by atoms with Crippen molar-refractivity contribution in [3.8, 4) is 0 Å². The molecule has 24 heavy (non-hydrogen) atoms. The molecular formula is C19H28N2O2S. The predicted molar refractivity (Wildman–Crippen MR) is 100 cm³/mol. The zero-order valence-corrected chi connectivity index (χ0v) is 15.7. The van der Waals surface area contributed by atoms with Crippen molar-refractivity contribution in [1.82, 2.24) is 4.90 Å². The average Bonchev–Trinajstić information content (AvgIpc) is 2.57. The van der Waals surface area contributed by atoms with E-state index < -0.39 is 0 Å². The number of nitrogens with zero attached hydrogens (tertiary/aromatic N) is 1. The lowest BCUT2D eigenvalue weighted by atomic mass is 9.94. The minimum Gasteiger partial charge on any atom is -0.339 e. The molecule has 0 unspecified atom stereocenters. The van der Waals surface area contributed by atoms with E-state index in [1.165, 1.54) is 26.2 Å². The number of rotatable bonds is 6. The number of hydrogen-bond acceptors (Lipinski definition) is 3. The molecule has 1 N–H and O–H groups in total. The second-order valence-electron chi connectivity index (χ2n) is 6.38. The fraction of sp³-hybridized carbons (Fsp3) is 0.579. The first-order valence-electron chi connectivity index (χ1n) is 8.86. The molecule has 5 heteroatoms. The first-order chi connectivity index (χ1) is 11.5. The maximum absolute atomic E-state index is 12.8. The van der Waals surface area contributed by atoms with Crippen molar-refractivity contribution in [2.24, 2.45) is 0 Å². The van der Waals surface area contributed by atoms with E-state index in [4.69, 9.17) is 0 Å². The van der Waals surface area contributed by atoms with Crippen LogP contribution in [-0.4, -0.2) is 34.6 Å². The highest BCUT2D eigenvalue weighted by atomic mass is 32.2. The summed E-state index contributed by atoms with van der Waals surface area (Å²) >= 11 is 1.58.